The van der Waals surface area contributed by atoms with Crippen LogP contribution in [-0.2, 0) is 0 Å². The van der Waals surface area contributed by atoms with Crippen LogP contribution < -0.4 is 5.73 Å². The van der Waals surface area contributed by atoms with Gasteiger partial charge in [0.05, 0.1) is 17.2 Å². The highest BCUT2D eigenvalue weighted by Gasteiger charge is 2.11. The number of nitrogens with two attached hydrogens (primary N) is 1. The minimum atomic E-state index is -0.492. The molecule has 11 heavy (non-hydrogen) atoms. The van der Waals surface area contributed by atoms with Gasteiger partial charge >= 0.3 is 0 Å². The molecule has 1 aliphatic rings. The van der Waals surface area contributed by atoms with Gasteiger partial charge in [-0.25, -0.2) is 0 Å². The van der Waals surface area contributed by atoms with E-state index in [9.17, 15) is 0 Å². The first-order valence-electron chi connectivity index (χ1n) is 3.42. The minimum absolute atomic E-state index is 0.492. The predicted octanol–water partition coefficient (Wildman–Crippen LogP) is 1.28. The Hall–Kier alpha value is -1.33. The van der Waals surface area contributed by atoms with Crippen LogP contribution in [0.25, 0.3) is 0 Å². The average molecular weight is 146 g/mol. The van der Waals surface area contributed by atoms with Crippen LogP contribution in [0.4, 0.5) is 0 Å². The van der Waals surface area contributed by atoms with Crippen molar-refractivity contribution in [2.45, 2.75) is 12.5 Å². The zero-order valence-corrected chi connectivity index (χ0v) is 6.41. The molecule has 56 valence electrons. The summed E-state index contributed by atoms with van der Waals surface area (Å²) in [6, 6.07) is 2.05. The Morgan fingerprint density at radius 3 is 2.91 bits per heavy atom. The standard InChI is InChI=1S/C9H10N2/c1-9(11)5-3-2-4-8(6-9)7-10/h2-6H,11H2,1H3. The third-order valence-electron chi connectivity index (χ3n) is 1.44. The number of rotatable bonds is 0. The van der Waals surface area contributed by atoms with Gasteiger partial charge in [0.2, 0.25) is 0 Å². The fourth-order valence-corrected chi connectivity index (χ4v) is 0.923. The van der Waals surface area contributed by atoms with Crippen LogP contribution >= 0.6 is 0 Å². The number of allylic oxidation sites excluding steroid dienone is 4. The molecule has 2 N–H and O–H groups in total. The molecule has 2 heteroatoms. The van der Waals surface area contributed by atoms with Crippen LogP contribution in [0.1, 0.15) is 6.92 Å². The van der Waals surface area contributed by atoms with E-state index in [1.807, 2.05) is 25.2 Å². The Balaban J connectivity index is 3.02. The summed E-state index contributed by atoms with van der Waals surface area (Å²) in [7, 11) is 0. The minimum Gasteiger partial charge on any atom is -0.319 e. The number of hydrogen-bond donors (Lipinski definition) is 1. The van der Waals surface area contributed by atoms with E-state index in [0.717, 1.165) is 0 Å². The van der Waals surface area contributed by atoms with Gasteiger partial charge in [-0.2, -0.15) is 5.26 Å². The molecule has 0 spiro atoms. The van der Waals surface area contributed by atoms with E-state index in [2.05, 4.69) is 6.07 Å². The Kier molecular flexibility index (Phi) is 1.93. The summed E-state index contributed by atoms with van der Waals surface area (Å²) in [6.07, 6.45) is 9.00. The third-order valence-corrected chi connectivity index (χ3v) is 1.44. The normalized spacial score (nSPS) is 29.0. The lowest BCUT2D eigenvalue weighted by molar-refractivity contribution is 0.734. The van der Waals surface area contributed by atoms with Crippen molar-refractivity contribution in [2.24, 2.45) is 5.73 Å². The maximum Gasteiger partial charge on any atom is 0.0989 e. The van der Waals surface area contributed by atoms with Crippen molar-refractivity contribution in [3.8, 4) is 6.07 Å². The molecule has 0 amide bonds. The second kappa shape index (κ2) is 2.73. The molecule has 0 bridgehead atoms. The van der Waals surface area contributed by atoms with Gasteiger partial charge in [0.15, 0.2) is 0 Å². The summed E-state index contributed by atoms with van der Waals surface area (Å²) in [5.41, 5.74) is 5.91. The van der Waals surface area contributed by atoms with Gasteiger partial charge in [0.25, 0.3) is 0 Å². The molecular formula is C9H10N2. The quantitative estimate of drug-likeness (QED) is 0.559. The summed E-state index contributed by atoms with van der Waals surface area (Å²) in [5.74, 6) is 0. The fourth-order valence-electron chi connectivity index (χ4n) is 0.923. The second-order valence-electron chi connectivity index (χ2n) is 2.80. The maximum atomic E-state index is 8.60. The highest BCUT2D eigenvalue weighted by Crippen LogP contribution is 2.11. The molecule has 2 nitrogen and oxygen atoms in total. The van der Waals surface area contributed by atoms with Gasteiger partial charge < -0.3 is 5.73 Å². The zero-order chi connectivity index (χ0) is 8.32. The van der Waals surface area contributed by atoms with Crippen molar-refractivity contribution in [1.82, 2.24) is 0 Å². The van der Waals surface area contributed by atoms with E-state index in [-0.39, 0.29) is 0 Å². The molecule has 1 rings (SSSR count). The Bertz CT molecular complexity index is 274. The van der Waals surface area contributed by atoms with E-state index >= 15 is 0 Å². The molecule has 0 heterocycles. The van der Waals surface area contributed by atoms with E-state index in [1.165, 1.54) is 0 Å². The summed E-state index contributed by atoms with van der Waals surface area (Å²) in [4.78, 5) is 0. The molecule has 0 aliphatic heterocycles. The van der Waals surface area contributed by atoms with Crippen molar-refractivity contribution >= 4 is 0 Å². The van der Waals surface area contributed by atoms with Crippen LogP contribution in [0.15, 0.2) is 36.0 Å². The van der Waals surface area contributed by atoms with Crippen molar-refractivity contribution in [3.05, 3.63) is 36.0 Å². The van der Waals surface area contributed by atoms with Crippen LogP contribution in [0.2, 0.25) is 0 Å². The molecule has 0 radical (unpaired) electrons. The van der Waals surface area contributed by atoms with Crippen LogP contribution in [0.3, 0.4) is 0 Å². The monoisotopic (exact) mass is 146 g/mol. The van der Waals surface area contributed by atoms with Crippen LogP contribution in [0, 0.1) is 11.3 Å². The van der Waals surface area contributed by atoms with Crippen LogP contribution in [0.5, 0.6) is 0 Å². The molecule has 0 aromatic heterocycles. The molecule has 0 saturated heterocycles. The van der Waals surface area contributed by atoms with Crippen molar-refractivity contribution < 1.29 is 0 Å². The predicted molar refractivity (Wildman–Crippen MR) is 44.6 cm³/mol. The van der Waals surface area contributed by atoms with E-state index in [4.69, 9.17) is 11.0 Å². The molecular weight excluding hydrogens is 136 g/mol. The molecule has 0 aromatic carbocycles. The Morgan fingerprint density at radius 2 is 2.27 bits per heavy atom. The number of nitrogens with zero attached hydrogens (tertiary/aromatic N) is 1. The zero-order valence-electron chi connectivity index (χ0n) is 6.41. The summed E-state index contributed by atoms with van der Waals surface area (Å²) < 4.78 is 0. The lowest BCUT2D eigenvalue weighted by atomic mass is 10.0. The fraction of sp³-hybridized carbons (Fsp3) is 0.222. The highest BCUT2D eigenvalue weighted by atomic mass is 14.7. The van der Waals surface area contributed by atoms with Gasteiger partial charge in [-0.1, -0.05) is 18.2 Å². The largest absolute Gasteiger partial charge is 0.319 e. The van der Waals surface area contributed by atoms with Gasteiger partial charge in [-0.3, -0.25) is 0 Å². The van der Waals surface area contributed by atoms with Gasteiger partial charge in [0.1, 0.15) is 0 Å². The van der Waals surface area contributed by atoms with Gasteiger partial charge in [0, 0.05) is 0 Å². The third kappa shape index (κ3) is 2.06. The van der Waals surface area contributed by atoms with E-state index < -0.39 is 5.54 Å². The lowest BCUT2D eigenvalue weighted by Gasteiger charge is -2.13. The van der Waals surface area contributed by atoms with Crippen molar-refractivity contribution in [2.75, 3.05) is 0 Å². The Labute approximate surface area is 66.3 Å². The molecule has 0 aromatic rings. The molecule has 0 fully saturated rings. The summed E-state index contributed by atoms with van der Waals surface area (Å²) >= 11 is 0. The van der Waals surface area contributed by atoms with Crippen LogP contribution in [-0.4, -0.2) is 5.54 Å². The topological polar surface area (TPSA) is 49.8 Å². The van der Waals surface area contributed by atoms with Crippen molar-refractivity contribution in [3.63, 3.8) is 0 Å². The first-order valence-corrected chi connectivity index (χ1v) is 3.42. The Morgan fingerprint density at radius 1 is 1.55 bits per heavy atom. The molecule has 0 saturated carbocycles. The summed E-state index contributed by atoms with van der Waals surface area (Å²) in [5, 5.41) is 8.60. The smallest absolute Gasteiger partial charge is 0.0989 e. The second-order valence-corrected chi connectivity index (χ2v) is 2.80. The maximum absolute atomic E-state index is 8.60. The molecule has 1 atom stereocenters. The molecule has 1 aliphatic carbocycles. The number of hydrogen-bond acceptors (Lipinski definition) is 2. The van der Waals surface area contributed by atoms with E-state index in [1.54, 1.807) is 12.2 Å². The van der Waals surface area contributed by atoms with E-state index in [0.29, 0.717) is 5.57 Å². The first-order chi connectivity index (χ1) is 5.14. The lowest BCUT2D eigenvalue weighted by Crippen LogP contribution is -2.30. The van der Waals surface area contributed by atoms with Crippen molar-refractivity contribution in [1.29, 1.82) is 5.26 Å². The first kappa shape index (κ1) is 7.77. The van der Waals surface area contributed by atoms with Gasteiger partial charge in [-0.05, 0) is 19.1 Å². The summed E-state index contributed by atoms with van der Waals surface area (Å²) in [6.45, 7) is 1.86. The SMILES string of the molecule is CC1(N)C=CC=CC(C#N)=C1. The highest BCUT2D eigenvalue weighted by molar-refractivity contribution is 5.41. The van der Waals surface area contributed by atoms with Gasteiger partial charge in [-0.15, -0.1) is 0 Å². The number of nitriles is 1. The molecule has 1 unspecified atom stereocenters. The average Bonchev–Trinajstić information content (AvgIpc) is 2.10.